The van der Waals surface area contributed by atoms with Gasteiger partial charge in [-0.05, 0) is 44.9 Å². The molecule has 0 aliphatic rings. The summed E-state index contributed by atoms with van der Waals surface area (Å²) in [5.74, 6) is 1.22. The molecule has 16 heavy (non-hydrogen) atoms. The molecule has 0 saturated carbocycles. The Labute approximate surface area is 97.6 Å². The van der Waals surface area contributed by atoms with Crippen molar-refractivity contribution in [3.63, 3.8) is 0 Å². The summed E-state index contributed by atoms with van der Waals surface area (Å²) >= 11 is 0. The number of carbonyl (C=O) groups excluding carboxylic acids is 1. The van der Waals surface area contributed by atoms with Gasteiger partial charge >= 0.3 is 0 Å². The Bertz CT molecular complexity index is 338. The summed E-state index contributed by atoms with van der Waals surface area (Å²) < 4.78 is 5.55. The SMILES string of the molecule is CC(=O)C(C)Cc1ccc(OC(C)C)cc1. The maximum atomic E-state index is 11.1. The van der Waals surface area contributed by atoms with Crippen LogP contribution < -0.4 is 4.74 Å². The Balaban J connectivity index is 2.61. The van der Waals surface area contributed by atoms with Crippen LogP contribution in [0.1, 0.15) is 33.3 Å². The predicted octanol–water partition coefficient (Wildman–Crippen LogP) is 3.24. The maximum Gasteiger partial charge on any atom is 0.132 e. The van der Waals surface area contributed by atoms with Crippen LogP contribution in [0.3, 0.4) is 0 Å². The van der Waals surface area contributed by atoms with Gasteiger partial charge in [0.05, 0.1) is 6.10 Å². The number of benzene rings is 1. The van der Waals surface area contributed by atoms with Crippen molar-refractivity contribution >= 4 is 5.78 Å². The van der Waals surface area contributed by atoms with Crippen molar-refractivity contribution in [2.45, 2.75) is 40.2 Å². The molecule has 2 heteroatoms. The van der Waals surface area contributed by atoms with E-state index in [1.165, 1.54) is 5.56 Å². The molecule has 0 radical (unpaired) electrons. The molecular weight excluding hydrogens is 200 g/mol. The summed E-state index contributed by atoms with van der Waals surface area (Å²) in [6.45, 7) is 7.61. The van der Waals surface area contributed by atoms with Crippen LogP contribution in [-0.4, -0.2) is 11.9 Å². The van der Waals surface area contributed by atoms with Crippen molar-refractivity contribution in [2.24, 2.45) is 5.92 Å². The number of hydrogen-bond donors (Lipinski definition) is 0. The molecule has 1 aromatic carbocycles. The van der Waals surface area contributed by atoms with Gasteiger partial charge in [0, 0.05) is 5.92 Å². The molecule has 0 aliphatic carbocycles. The largest absolute Gasteiger partial charge is 0.491 e. The van der Waals surface area contributed by atoms with E-state index < -0.39 is 0 Å². The fraction of sp³-hybridized carbons (Fsp3) is 0.500. The molecule has 0 N–H and O–H groups in total. The predicted molar refractivity (Wildman–Crippen MR) is 65.8 cm³/mol. The minimum absolute atomic E-state index is 0.0943. The smallest absolute Gasteiger partial charge is 0.132 e. The van der Waals surface area contributed by atoms with E-state index in [9.17, 15) is 4.79 Å². The number of carbonyl (C=O) groups is 1. The molecule has 1 unspecified atom stereocenters. The second-order valence-corrected chi connectivity index (χ2v) is 4.53. The van der Waals surface area contributed by atoms with E-state index in [2.05, 4.69) is 0 Å². The van der Waals surface area contributed by atoms with E-state index in [-0.39, 0.29) is 17.8 Å². The van der Waals surface area contributed by atoms with Crippen molar-refractivity contribution in [3.8, 4) is 5.75 Å². The molecule has 0 fully saturated rings. The molecule has 0 heterocycles. The van der Waals surface area contributed by atoms with E-state index in [1.807, 2.05) is 45.0 Å². The zero-order chi connectivity index (χ0) is 12.1. The van der Waals surface area contributed by atoms with Gasteiger partial charge in [0.2, 0.25) is 0 Å². The summed E-state index contributed by atoms with van der Waals surface area (Å²) in [4.78, 5) is 11.1. The lowest BCUT2D eigenvalue weighted by Crippen LogP contribution is -2.09. The monoisotopic (exact) mass is 220 g/mol. The third-order valence-corrected chi connectivity index (χ3v) is 2.53. The highest BCUT2D eigenvalue weighted by atomic mass is 16.5. The third-order valence-electron chi connectivity index (χ3n) is 2.53. The van der Waals surface area contributed by atoms with E-state index in [0.717, 1.165) is 12.2 Å². The molecule has 0 aliphatic heterocycles. The maximum absolute atomic E-state index is 11.1. The first-order valence-electron chi connectivity index (χ1n) is 5.75. The van der Waals surface area contributed by atoms with Crippen LogP contribution in [0.15, 0.2) is 24.3 Å². The first-order valence-corrected chi connectivity index (χ1v) is 5.75. The molecular formula is C14H20O2. The zero-order valence-corrected chi connectivity index (χ0v) is 10.5. The molecule has 2 nitrogen and oxygen atoms in total. The Morgan fingerprint density at radius 3 is 2.19 bits per heavy atom. The van der Waals surface area contributed by atoms with E-state index in [0.29, 0.717) is 0 Å². The fourth-order valence-electron chi connectivity index (χ4n) is 1.47. The minimum Gasteiger partial charge on any atom is -0.491 e. The van der Waals surface area contributed by atoms with Gasteiger partial charge in [-0.1, -0.05) is 19.1 Å². The number of rotatable bonds is 5. The van der Waals surface area contributed by atoms with E-state index in [1.54, 1.807) is 6.92 Å². The average molecular weight is 220 g/mol. The topological polar surface area (TPSA) is 26.3 Å². The fourth-order valence-corrected chi connectivity index (χ4v) is 1.47. The highest BCUT2D eigenvalue weighted by Crippen LogP contribution is 2.16. The highest BCUT2D eigenvalue weighted by molar-refractivity contribution is 5.78. The normalized spacial score (nSPS) is 12.6. The first kappa shape index (κ1) is 12.8. The van der Waals surface area contributed by atoms with Crippen molar-refractivity contribution < 1.29 is 9.53 Å². The third kappa shape index (κ3) is 4.05. The van der Waals surface area contributed by atoms with Gasteiger partial charge < -0.3 is 4.74 Å². The Kier molecular flexibility index (Phi) is 4.53. The number of ether oxygens (including phenoxy) is 1. The van der Waals surface area contributed by atoms with E-state index >= 15 is 0 Å². The molecule has 0 amide bonds. The highest BCUT2D eigenvalue weighted by Gasteiger charge is 2.08. The van der Waals surface area contributed by atoms with Gasteiger partial charge in [-0.3, -0.25) is 4.79 Å². The van der Waals surface area contributed by atoms with Crippen LogP contribution in [0.5, 0.6) is 5.75 Å². The van der Waals surface area contributed by atoms with Gasteiger partial charge in [0.15, 0.2) is 0 Å². The summed E-state index contributed by atoms with van der Waals surface area (Å²) in [6, 6.07) is 7.97. The summed E-state index contributed by atoms with van der Waals surface area (Å²) in [6.07, 6.45) is 0.999. The molecule has 0 aromatic heterocycles. The van der Waals surface area contributed by atoms with Gasteiger partial charge in [-0.2, -0.15) is 0 Å². The Morgan fingerprint density at radius 1 is 1.19 bits per heavy atom. The number of hydrogen-bond acceptors (Lipinski definition) is 2. The summed E-state index contributed by atoms with van der Waals surface area (Å²) in [5, 5.41) is 0. The Hall–Kier alpha value is -1.31. The van der Waals surface area contributed by atoms with E-state index in [4.69, 9.17) is 4.74 Å². The lowest BCUT2D eigenvalue weighted by molar-refractivity contribution is -0.120. The first-order chi connectivity index (χ1) is 7.49. The molecule has 0 spiro atoms. The van der Waals surface area contributed by atoms with Gasteiger partial charge in [0.25, 0.3) is 0 Å². The van der Waals surface area contributed by atoms with Crippen LogP contribution in [0, 0.1) is 5.92 Å². The van der Waals surface area contributed by atoms with Crippen LogP contribution in [0.25, 0.3) is 0 Å². The second kappa shape index (κ2) is 5.69. The van der Waals surface area contributed by atoms with Crippen LogP contribution >= 0.6 is 0 Å². The zero-order valence-electron chi connectivity index (χ0n) is 10.5. The van der Waals surface area contributed by atoms with Gasteiger partial charge in [-0.15, -0.1) is 0 Å². The molecule has 1 atom stereocenters. The quantitative estimate of drug-likeness (QED) is 0.761. The van der Waals surface area contributed by atoms with Crippen molar-refractivity contribution in [3.05, 3.63) is 29.8 Å². The van der Waals surface area contributed by atoms with Crippen molar-refractivity contribution in [1.29, 1.82) is 0 Å². The second-order valence-electron chi connectivity index (χ2n) is 4.53. The summed E-state index contributed by atoms with van der Waals surface area (Å²) in [7, 11) is 0. The lowest BCUT2D eigenvalue weighted by Gasteiger charge is -2.11. The number of ketones is 1. The average Bonchev–Trinajstić information content (AvgIpc) is 2.20. The van der Waals surface area contributed by atoms with Crippen molar-refractivity contribution in [1.82, 2.24) is 0 Å². The van der Waals surface area contributed by atoms with Crippen LogP contribution in [0.4, 0.5) is 0 Å². The van der Waals surface area contributed by atoms with Crippen LogP contribution in [-0.2, 0) is 11.2 Å². The number of Topliss-reactive ketones (excluding diaryl/α,β-unsaturated/α-hetero) is 1. The Morgan fingerprint density at radius 2 is 1.75 bits per heavy atom. The van der Waals surface area contributed by atoms with Crippen molar-refractivity contribution in [2.75, 3.05) is 0 Å². The minimum atomic E-state index is 0.0943. The van der Waals surface area contributed by atoms with Crippen LogP contribution in [0.2, 0.25) is 0 Å². The summed E-state index contributed by atoms with van der Waals surface area (Å²) in [5.41, 5.74) is 1.18. The van der Waals surface area contributed by atoms with Gasteiger partial charge in [-0.25, -0.2) is 0 Å². The molecule has 0 saturated heterocycles. The molecule has 1 rings (SSSR count). The standard InChI is InChI=1S/C14H20O2/c1-10(2)16-14-7-5-13(6-8-14)9-11(3)12(4)15/h5-8,10-11H,9H2,1-4H3. The molecule has 88 valence electrons. The molecule has 1 aromatic rings. The molecule has 0 bridgehead atoms. The van der Waals surface area contributed by atoms with Gasteiger partial charge in [0.1, 0.15) is 11.5 Å². The lowest BCUT2D eigenvalue weighted by atomic mass is 9.98.